The Morgan fingerprint density at radius 2 is 1.97 bits per heavy atom. The summed E-state index contributed by atoms with van der Waals surface area (Å²) >= 11 is 0. The van der Waals surface area contributed by atoms with Crippen molar-refractivity contribution in [1.82, 2.24) is 9.78 Å². The van der Waals surface area contributed by atoms with Crippen molar-refractivity contribution in [3.63, 3.8) is 0 Å². The van der Waals surface area contributed by atoms with E-state index in [0.717, 1.165) is 68.1 Å². The average Bonchev–Trinajstić information content (AvgIpc) is 3.23. The van der Waals surface area contributed by atoms with Gasteiger partial charge in [-0.25, -0.2) is 4.68 Å². The molecule has 2 aliphatic rings. The van der Waals surface area contributed by atoms with Crippen molar-refractivity contribution in [2.75, 3.05) is 24.6 Å². The van der Waals surface area contributed by atoms with Crippen molar-refractivity contribution < 1.29 is 9.53 Å². The first kappa shape index (κ1) is 19.3. The SMILES string of the molecule is Cc1cccc(N2CCC(c3c(C=O)ccc4c3cnn4C3CCCCO3)CC2)c1. The van der Waals surface area contributed by atoms with Gasteiger partial charge in [0.2, 0.25) is 0 Å². The van der Waals surface area contributed by atoms with Crippen LogP contribution in [0.5, 0.6) is 0 Å². The van der Waals surface area contributed by atoms with Gasteiger partial charge in [0.25, 0.3) is 0 Å². The minimum absolute atomic E-state index is 0.00866. The minimum atomic E-state index is 0.00866. The maximum atomic E-state index is 11.9. The number of hydrogen-bond acceptors (Lipinski definition) is 4. The van der Waals surface area contributed by atoms with Crippen LogP contribution in [0.15, 0.2) is 42.6 Å². The summed E-state index contributed by atoms with van der Waals surface area (Å²) in [5, 5.41) is 5.80. The maximum Gasteiger partial charge on any atom is 0.150 e. The molecule has 2 aromatic carbocycles. The van der Waals surface area contributed by atoms with Gasteiger partial charge < -0.3 is 9.64 Å². The zero-order chi connectivity index (χ0) is 20.5. The molecule has 0 N–H and O–H groups in total. The van der Waals surface area contributed by atoms with Crippen LogP contribution < -0.4 is 4.90 Å². The lowest BCUT2D eigenvalue weighted by Gasteiger charge is -2.34. The first-order valence-corrected chi connectivity index (χ1v) is 11.1. The molecular formula is C25H29N3O2. The number of nitrogens with zero attached hydrogens (tertiary/aromatic N) is 3. The number of ether oxygens (including phenoxy) is 1. The number of hydrogen-bond donors (Lipinski definition) is 0. The van der Waals surface area contributed by atoms with Gasteiger partial charge in [-0.15, -0.1) is 0 Å². The Morgan fingerprint density at radius 3 is 2.70 bits per heavy atom. The van der Waals surface area contributed by atoms with E-state index >= 15 is 0 Å². The molecule has 0 bridgehead atoms. The summed E-state index contributed by atoms with van der Waals surface area (Å²) in [5.41, 5.74) is 5.65. The lowest BCUT2D eigenvalue weighted by molar-refractivity contribution is -0.0366. The molecule has 5 heteroatoms. The van der Waals surface area contributed by atoms with E-state index in [2.05, 4.69) is 41.2 Å². The van der Waals surface area contributed by atoms with Crippen molar-refractivity contribution in [2.24, 2.45) is 0 Å². The predicted octanol–water partition coefficient (Wildman–Crippen LogP) is 5.24. The van der Waals surface area contributed by atoms with Crippen molar-refractivity contribution in [3.05, 3.63) is 59.3 Å². The summed E-state index contributed by atoms with van der Waals surface area (Å²) in [6.07, 6.45) is 8.33. The van der Waals surface area contributed by atoms with Gasteiger partial charge in [0, 0.05) is 36.3 Å². The number of aldehydes is 1. The number of carbonyl (C=O) groups excluding carboxylic acids is 1. The molecule has 2 fully saturated rings. The second-order valence-electron chi connectivity index (χ2n) is 8.63. The third-order valence-corrected chi connectivity index (χ3v) is 6.68. The monoisotopic (exact) mass is 403 g/mol. The quantitative estimate of drug-likeness (QED) is 0.559. The fraction of sp³-hybridized carbons (Fsp3) is 0.440. The van der Waals surface area contributed by atoms with Crippen LogP contribution >= 0.6 is 0 Å². The number of aryl methyl sites for hydroxylation is 1. The highest BCUT2D eigenvalue weighted by atomic mass is 16.5. The molecule has 30 heavy (non-hydrogen) atoms. The van der Waals surface area contributed by atoms with Crippen molar-refractivity contribution in [3.8, 4) is 0 Å². The molecule has 2 aliphatic heterocycles. The van der Waals surface area contributed by atoms with Crippen LogP contribution in [0.1, 0.15) is 65.7 Å². The van der Waals surface area contributed by atoms with Crippen LogP contribution in [0.3, 0.4) is 0 Å². The second-order valence-corrected chi connectivity index (χ2v) is 8.63. The predicted molar refractivity (Wildman–Crippen MR) is 119 cm³/mol. The number of aromatic nitrogens is 2. The molecule has 1 aromatic heterocycles. The van der Waals surface area contributed by atoms with E-state index in [0.29, 0.717) is 5.92 Å². The van der Waals surface area contributed by atoms with Gasteiger partial charge in [0.1, 0.15) is 6.29 Å². The zero-order valence-corrected chi connectivity index (χ0v) is 17.6. The summed E-state index contributed by atoms with van der Waals surface area (Å²) in [7, 11) is 0. The lowest BCUT2D eigenvalue weighted by atomic mass is 9.84. The Balaban J connectivity index is 1.43. The largest absolute Gasteiger partial charge is 0.371 e. The summed E-state index contributed by atoms with van der Waals surface area (Å²) < 4.78 is 7.99. The van der Waals surface area contributed by atoms with Crippen LogP contribution in [-0.2, 0) is 4.74 Å². The Morgan fingerprint density at radius 1 is 1.10 bits per heavy atom. The highest BCUT2D eigenvalue weighted by molar-refractivity contribution is 5.92. The highest BCUT2D eigenvalue weighted by Crippen LogP contribution is 2.37. The topological polar surface area (TPSA) is 47.4 Å². The van der Waals surface area contributed by atoms with Gasteiger partial charge in [0.05, 0.1) is 11.7 Å². The van der Waals surface area contributed by atoms with Crippen LogP contribution in [0, 0.1) is 6.92 Å². The number of anilines is 1. The first-order valence-electron chi connectivity index (χ1n) is 11.1. The Labute approximate surface area is 177 Å². The van der Waals surface area contributed by atoms with Crippen LogP contribution in [0.4, 0.5) is 5.69 Å². The number of rotatable bonds is 4. The molecule has 1 atom stereocenters. The molecule has 0 aliphatic carbocycles. The molecule has 0 amide bonds. The molecule has 5 rings (SSSR count). The van der Waals surface area contributed by atoms with Crippen LogP contribution in [-0.4, -0.2) is 35.8 Å². The van der Waals surface area contributed by atoms with Crippen molar-refractivity contribution >= 4 is 22.9 Å². The molecule has 0 spiro atoms. The second kappa shape index (κ2) is 8.23. The lowest BCUT2D eigenvalue weighted by Crippen LogP contribution is -2.33. The summed E-state index contributed by atoms with van der Waals surface area (Å²) in [5.74, 6) is 0.375. The van der Waals surface area contributed by atoms with Crippen molar-refractivity contribution in [2.45, 2.75) is 51.2 Å². The maximum absolute atomic E-state index is 11.9. The van der Waals surface area contributed by atoms with Gasteiger partial charge in [-0.1, -0.05) is 12.1 Å². The average molecular weight is 404 g/mol. The fourth-order valence-corrected chi connectivity index (χ4v) is 5.11. The summed E-state index contributed by atoms with van der Waals surface area (Å²) in [4.78, 5) is 14.3. The van der Waals surface area contributed by atoms with Gasteiger partial charge in [-0.3, -0.25) is 4.79 Å². The van der Waals surface area contributed by atoms with Crippen LogP contribution in [0.2, 0.25) is 0 Å². The molecule has 3 heterocycles. The Bertz CT molecular complexity index is 1040. The van der Waals surface area contributed by atoms with E-state index in [1.54, 1.807) is 0 Å². The molecule has 156 valence electrons. The zero-order valence-electron chi connectivity index (χ0n) is 17.6. The minimum Gasteiger partial charge on any atom is -0.371 e. The van der Waals surface area contributed by atoms with E-state index < -0.39 is 0 Å². The smallest absolute Gasteiger partial charge is 0.150 e. The highest BCUT2D eigenvalue weighted by Gasteiger charge is 2.27. The van der Waals surface area contributed by atoms with Gasteiger partial charge >= 0.3 is 0 Å². The number of piperidine rings is 1. The number of benzene rings is 2. The molecule has 0 saturated carbocycles. The molecular weight excluding hydrogens is 374 g/mol. The Kier molecular flexibility index (Phi) is 5.30. The van der Waals surface area contributed by atoms with E-state index in [1.807, 2.05) is 23.0 Å². The normalized spacial score (nSPS) is 20.6. The first-order chi connectivity index (χ1) is 14.7. The van der Waals surface area contributed by atoms with E-state index in [4.69, 9.17) is 4.74 Å². The van der Waals surface area contributed by atoms with E-state index in [-0.39, 0.29) is 6.23 Å². The molecule has 2 saturated heterocycles. The number of carbonyl (C=O) groups is 1. The molecule has 1 unspecified atom stereocenters. The molecule has 0 radical (unpaired) electrons. The summed E-state index contributed by atoms with van der Waals surface area (Å²) in [6, 6.07) is 12.7. The van der Waals surface area contributed by atoms with E-state index in [1.165, 1.54) is 23.2 Å². The molecule has 3 aromatic rings. The number of fused-ring (bicyclic) bond motifs is 1. The standard InChI is InChI=1S/C25H29N3O2/c1-18-5-4-6-21(15-18)27-12-10-19(11-13-27)25-20(17-29)8-9-23-22(25)16-26-28(23)24-7-2-3-14-30-24/h4-6,8-9,15-17,19,24H,2-3,7,10-14H2,1H3. The van der Waals surface area contributed by atoms with Crippen molar-refractivity contribution in [1.29, 1.82) is 0 Å². The fourth-order valence-electron chi connectivity index (χ4n) is 5.11. The third-order valence-electron chi connectivity index (χ3n) is 6.68. The van der Waals surface area contributed by atoms with Gasteiger partial charge in [0.15, 0.2) is 6.23 Å². The van der Waals surface area contributed by atoms with Crippen LogP contribution in [0.25, 0.3) is 10.9 Å². The van der Waals surface area contributed by atoms with Gasteiger partial charge in [-0.05, 0) is 80.3 Å². The Hall–Kier alpha value is -2.66. The molecule has 5 nitrogen and oxygen atoms in total. The van der Waals surface area contributed by atoms with E-state index in [9.17, 15) is 4.79 Å². The summed E-state index contributed by atoms with van der Waals surface area (Å²) in [6.45, 7) is 4.94. The third kappa shape index (κ3) is 3.52. The van der Waals surface area contributed by atoms with Gasteiger partial charge in [-0.2, -0.15) is 5.10 Å².